The number of nitrogens with one attached hydrogen (secondary N) is 1. The molecule has 12 heteroatoms. The van der Waals surface area contributed by atoms with E-state index >= 15 is 0 Å². The first-order valence-electron chi connectivity index (χ1n) is 10.4. The average Bonchev–Trinajstić information content (AvgIpc) is 3.21. The number of hydrogen-bond acceptors (Lipinski definition) is 6. The minimum absolute atomic E-state index is 0.0566. The zero-order chi connectivity index (χ0) is 25.3. The molecule has 4 rings (SSSR count). The third-order valence-electron chi connectivity index (χ3n) is 5.47. The summed E-state index contributed by atoms with van der Waals surface area (Å²) < 4.78 is 41.9. The van der Waals surface area contributed by atoms with Gasteiger partial charge in [-0.15, -0.1) is 0 Å². The van der Waals surface area contributed by atoms with Gasteiger partial charge in [0.05, 0.1) is 28.6 Å². The third kappa shape index (κ3) is 5.05. The van der Waals surface area contributed by atoms with Gasteiger partial charge in [0.25, 0.3) is 5.91 Å². The van der Waals surface area contributed by atoms with Crippen molar-refractivity contribution in [2.45, 2.75) is 25.6 Å². The molecule has 1 aromatic carbocycles. The van der Waals surface area contributed by atoms with Gasteiger partial charge in [-0.25, -0.2) is 9.50 Å². The van der Waals surface area contributed by atoms with Crippen LogP contribution >= 0.6 is 11.6 Å². The lowest BCUT2D eigenvalue weighted by Crippen LogP contribution is -2.26. The quantitative estimate of drug-likeness (QED) is 0.362. The van der Waals surface area contributed by atoms with E-state index in [-0.39, 0.29) is 41.1 Å². The van der Waals surface area contributed by atoms with E-state index in [4.69, 9.17) is 17.3 Å². The number of nitrogens with zero attached hydrogens (tertiary/aromatic N) is 4. The maximum absolute atomic E-state index is 13.6. The Kier molecular flexibility index (Phi) is 6.64. The van der Waals surface area contributed by atoms with Crippen LogP contribution in [-0.2, 0) is 6.18 Å². The van der Waals surface area contributed by atoms with E-state index in [1.807, 2.05) is 0 Å². The predicted molar refractivity (Wildman–Crippen MR) is 124 cm³/mol. The van der Waals surface area contributed by atoms with Crippen molar-refractivity contribution in [1.29, 1.82) is 0 Å². The van der Waals surface area contributed by atoms with Crippen molar-refractivity contribution < 1.29 is 23.1 Å². The van der Waals surface area contributed by atoms with E-state index in [0.717, 1.165) is 16.9 Å². The van der Waals surface area contributed by atoms with Crippen LogP contribution < -0.4 is 11.1 Å². The number of aliphatic hydroxyl groups is 1. The number of aliphatic hydroxyl groups excluding tert-OH is 1. The molecule has 8 nitrogen and oxygen atoms in total. The fourth-order valence-electron chi connectivity index (χ4n) is 3.66. The van der Waals surface area contributed by atoms with Crippen molar-refractivity contribution >= 4 is 28.8 Å². The monoisotopic (exact) mass is 504 g/mol. The van der Waals surface area contributed by atoms with Crippen LogP contribution in [0.15, 0.2) is 48.9 Å². The molecule has 0 aliphatic heterocycles. The molecule has 0 saturated carbocycles. The number of aromatic nitrogens is 4. The summed E-state index contributed by atoms with van der Waals surface area (Å²) in [7, 11) is 0. The molecule has 0 aliphatic carbocycles. The van der Waals surface area contributed by atoms with Gasteiger partial charge in [0.1, 0.15) is 11.8 Å². The van der Waals surface area contributed by atoms with Crippen molar-refractivity contribution in [3.63, 3.8) is 0 Å². The molecule has 1 amide bonds. The minimum atomic E-state index is -4.69. The SMILES string of the molecule is Cc1ncc(-c2cc(C(F)(F)F)c3c(N)ncnn23)cc1C(=O)NCC[C@@H](O)c1ccc(Cl)cc1. The molecule has 3 heterocycles. The molecule has 0 fully saturated rings. The number of aryl methyl sites for hydroxylation is 1. The van der Waals surface area contributed by atoms with Crippen molar-refractivity contribution in [2.75, 3.05) is 12.3 Å². The number of hydrogen-bond donors (Lipinski definition) is 3. The molecule has 0 spiro atoms. The van der Waals surface area contributed by atoms with Crippen molar-refractivity contribution in [2.24, 2.45) is 0 Å². The zero-order valence-electron chi connectivity index (χ0n) is 18.3. The lowest BCUT2D eigenvalue weighted by molar-refractivity contribution is -0.136. The Morgan fingerprint density at radius 2 is 1.94 bits per heavy atom. The summed E-state index contributed by atoms with van der Waals surface area (Å²) >= 11 is 5.85. The molecule has 4 aromatic rings. The second kappa shape index (κ2) is 9.51. The van der Waals surface area contributed by atoms with Crippen LogP contribution in [0.1, 0.15) is 39.7 Å². The number of pyridine rings is 1. The maximum Gasteiger partial charge on any atom is 0.418 e. The van der Waals surface area contributed by atoms with Crippen LogP contribution in [0.25, 0.3) is 16.8 Å². The summed E-state index contributed by atoms with van der Waals surface area (Å²) in [6, 6.07) is 9.05. The Morgan fingerprint density at radius 3 is 2.63 bits per heavy atom. The number of halogens is 4. The standard InChI is InChI=1S/C23H20ClF3N6O2/c1-12-16(22(35)29-7-6-19(34)13-2-4-15(24)5-3-13)8-14(10-30-12)18-9-17(23(25,26)27)20-21(28)31-11-32-33(18)20/h2-5,8-11,19,34H,6-7H2,1H3,(H,29,35)(H2,28,31,32)/t19-/m1/s1. The molecule has 0 unspecified atom stereocenters. The molecular weight excluding hydrogens is 485 g/mol. The van der Waals surface area contributed by atoms with Gasteiger partial charge in [0, 0.05) is 23.3 Å². The van der Waals surface area contributed by atoms with Gasteiger partial charge >= 0.3 is 6.18 Å². The average molecular weight is 505 g/mol. The Hall–Kier alpha value is -3.70. The van der Waals surface area contributed by atoms with E-state index in [1.165, 1.54) is 12.3 Å². The van der Waals surface area contributed by atoms with Crippen molar-refractivity contribution in [1.82, 2.24) is 24.9 Å². The van der Waals surface area contributed by atoms with Gasteiger partial charge in [0.15, 0.2) is 5.82 Å². The molecule has 0 aliphatic rings. The lowest BCUT2D eigenvalue weighted by Gasteiger charge is -2.13. The van der Waals surface area contributed by atoms with Gasteiger partial charge in [-0.2, -0.15) is 18.3 Å². The molecule has 0 saturated heterocycles. The van der Waals surface area contributed by atoms with Crippen LogP contribution in [0, 0.1) is 6.92 Å². The fourth-order valence-corrected chi connectivity index (χ4v) is 3.79. The van der Waals surface area contributed by atoms with Gasteiger partial charge in [-0.05, 0) is 43.2 Å². The zero-order valence-corrected chi connectivity index (χ0v) is 19.1. The number of alkyl halides is 3. The van der Waals surface area contributed by atoms with Gasteiger partial charge in [-0.1, -0.05) is 23.7 Å². The second-order valence-electron chi connectivity index (χ2n) is 7.82. The van der Waals surface area contributed by atoms with E-state index in [9.17, 15) is 23.1 Å². The number of fused-ring (bicyclic) bond motifs is 1. The predicted octanol–water partition coefficient (Wildman–Crippen LogP) is 4.21. The number of rotatable bonds is 6. The molecular formula is C23H20ClF3N6O2. The number of amides is 1. The normalized spacial score (nSPS) is 12.6. The third-order valence-corrected chi connectivity index (χ3v) is 5.73. The smallest absolute Gasteiger partial charge is 0.388 e. The van der Waals surface area contributed by atoms with Crippen LogP contribution in [-0.4, -0.2) is 37.1 Å². The van der Waals surface area contributed by atoms with Gasteiger partial charge in [-0.3, -0.25) is 9.78 Å². The number of nitrogen functional groups attached to an aromatic ring is 1. The highest BCUT2D eigenvalue weighted by Gasteiger charge is 2.36. The first kappa shape index (κ1) is 24.4. The van der Waals surface area contributed by atoms with Crippen LogP contribution in [0.3, 0.4) is 0 Å². The Bertz CT molecular complexity index is 1390. The molecule has 3 aromatic heterocycles. The number of nitrogens with two attached hydrogens (primary N) is 1. The number of anilines is 1. The van der Waals surface area contributed by atoms with Crippen molar-refractivity contribution in [3.8, 4) is 11.3 Å². The maximum atomic E-state index is 13.6. The lowest BCUT2D eigenvalue weighted by atomic mass is 10.1. The van der Waals surface area contributed by atoms with Gasteiger partial charge < -0.3 is 16.2 Å². The molecule has 1 atom stereocenters. The number of carbonyl (C=O) groups excluding carboxylic acids is 1. The van der Waals surface area contributed by atoms with Gasteiger partial charge in [0.2, 0.25) is 0 Å². The fraction of sp³-hybridized carbons (Fsp3) is 0.217. The molecule has 4 N–H and O–H groups in total. The summed E-state index contributed by atoms with van der Waals surface area (Å²) in [4.78, 5) is 20.7. The molecule has 35 heavy (non-hydrogen) atoms. The molecule has 0 radical (unpaired) electrons. The van der Waals surface area contributed by atoms with E-state index in [1.54, 1.807) is 31.2 Å². The molecule has 0 bridgehead atoms. The summed E-state index contributed by atoms with van der Waals surface area (Å²) in [6.45, 7) is 1.77. The van der Waals surface area contributed by atoms with Crippen LogP contribution in [0.5, 0.6) is 0 Å². The highest BCUT2D eigenvalue weighted by molar-refractivity contribution is 6.30. The minimum Gasteiger partial charge on any atom is -0.388 e. The Morgan fingerprint density at radius 1 is 1.23 bits per heavy atom. The van der Waals surface area contributed by atoms with Crippen LogP contribution in [0.2, 0.25) is 5.02 Å². The number of benzene rings is 1. The Labute approximate surface area is 202 Å². The van der Waals surface area contributed by atoms with E-state index < -0.39 is 23.8 Å². The van der Waals surface area contributed by atoms with E-state index in [0.29, 0.717) is 16.3 Å². The summed E-state index contributed by atoms with van der Waals surface area (Å²) in [5, 5.41) is 17.5. The largest absolute Gasteiger partial charge is 0.418 e. The number of carbonyl (C=O) groups is 1. The molecule has 182 valence electrons. The summed E-state index contributed by atoms with van der Waals surface area (Å²) in [5.41, 5.74) is 5.84. The topological polar surface area (TPSA) is 118 Å². The van der Waals surface area contributed by atoms with Crippen molar-refractivity contribution in [3.05, 3.63) is 76.3 Å². The van der Waals surface area contributed by atoms with E-state index in [2.05, 4.69) is 20.4 Å². The van der Waals surface area contributed by atoms with Crippen LogP contribution in [0.4, 0.5) is 19.0 Å². The highest BCUT2D eigenvalue weighted by Crippen LogP contribution is 2.38. The summed E-state index contributed by atoms with van der Waals surface area (Å²) in [5.74, 6) is -0.804. The second-order valence-corrected chi connectivity index (χ2v) is 8.25. The Balaban J connectivity index is 1.58. The summed E-state index contributed by atoms with van der Waals surface area (Å²) in [6.07, 6.45) is -2.85. The first-order chi connectivity index (χ1) is 16.6. The first-order valence-corrected chi connectivity index (χ1v) is 10.8. The highest BCUT2D eigenvalue weighted by atomic mass is 35.5.